The molecule has 3 aliphatic rings. The third-order valence-electron chi connectivity index (χ3n) is 5.46. The van der Waals surface area contributed by atoms with E-state index in [0.717, 1.165) is 12.0 Å². The van der Waals surface area contributed by atoms with Crippen molar-refractivity contribution in [3.63, 3.8) is 0 Å². The minimum absolute atomic E-state index is 0.0423. The van der Waals surface area contributed by atoms with Crippen molar-refractivity contribution in [3.8, 4) is 11.5 Å². The molecular weight excluding hydrogens is 238 g/mol. The van der Waals surface area contributed by atoms with Gasteiger partial charge in [-0.25, -0.2) is 0 Å². The lowest BCUT2D eigenvalue weighted by atomic mass is 9.66. The minimum Gasteiger partial charge on any atom is -0.504 e. The first-order chi connectivity index (χ1) is 9.25. The lowest BCUT2D eigenvalue weighted by Crippen LogP contribution is -2.54. The quantitative estimate of drug-likeness (QED) is 0.704. The predicted molar refractivity (Wildman–Crippen MR) is 73.5 cm³/mol. The molecule has 2 aliphatic heterocycles. The number of aromatic hydroxyl groups is 2. The van der Waals surface area contributed by atoms with Crippen LogP contribution in [0.3, 0.4) is 0 Å². The molecule has 19 heavy (non-hydrogen) atoms. The molecule has 2 saturated heterocycles. The maximum Gasteiger partial charge on any atom is 0.160 e. The molecule has 0 radical (unpaired) electrons. The first-order valence-electron chi connectivity index (χ1n) is 7.53. The number of benzene rings is 1. The van der Waals surface area contributed by atoms with E-state index in [1.807, 2.05) is 6.07 Å². The fourth-order valence-electron chi connectivity index (χ4n) is 4.73. The van der Waals surface area contributed by atoms with Gasteiger partial charge in [-0.15, -0.1) is 0 Å². The minimum atomic E-state index is 0.0423. The van der Waals surface area contributed by atoms with E-state index in [1.165, 1.54) is 44.3 Å². The SMILES string of the molecule is Oc1ccc2c(c1O)CC1CCCN3CCCC2C13. The van der Waals surface area contributed by atoms with Gasteiger partial charge in [0.05, 0.1) is 0 Å². The Morgan fingerprint density at radius 3 is 2.68 bits per heavy atom. The van der Waals surface area contributed by atoms with Gasteiger partial charge in [0.2, 0.25) is 0 Å². The number of piperidine rings is 2. The van der Waals surface area contributed by atoms with Crippen molar-refractivity contribution in [1.29, 1.82) is 0 Å². The first-order valence-corrected chi connectivity index (χ1v) is 7.53. The Labute approximate surface area is 113 Å². The summed E-state index contributed by atoms with van der Waals surface area (Å²) < 4.78 is 0. The number of fused-ring (bicyclic) bond motifs is 2. The average molecular weight is 259 g/mol. The summed E-state index contributed by atoms with van der Waals surface area (Å²) in [5.41, 5.74) is 2.32. The standard InChI is InChI=1S/C16H21NO2/c18-14-6-5-11-12-4-2-8-17-7-1-3-10(15(12)17)9-13(11)16(14)19/h5-6,10,12,15,18-19H,1-4,7-9H2. The fourth-order valence-corrected chi connectivity index (χ4v) is 4.73. The molecular formula is C16H21NO2. The van der Waals surface area contributed by atoms with Gasteiger partial charge in [-0.05, 0) is 62.7 Å². The van der Waals surface area contributed by atoms with Crippen LogP contribution in [0.5, 0.6) is 11.5 Å². The van der Waals surface area contributed by atoms with Crippen LogP contribution in [0, 0.1) is 5.92 Å². The number of rotatable bonds is 0. The lowest BCUT2D eigenvalue weighted by Gasteiger charge is -2.52. The van der Waals surface area contributed by atoms with Crippen molar-refractivity contribution >= 4 is 0 Å². The van der Waals surface area contributed by atoms with E-state index in [9.17, 15) is 10.2 Å². The van der Waals surface area contributed by atoms with Crippen LogP contribution in [0.25, 0.3) is 0 Å². The molecule has 1 aliphatic carbocycles. The molecule has 3 nitrogen and oxygen atoms in total. The topological polar surface area (TPSA) is 43.7 Å². The van der Waals surface area contributed by atoms with Crippen molar-refractivity contribution in [2.24, 2.45) is 5.92 Å². The van der Waals surface area contributed by atoms with Crippen LogP contribution < -0.4 is 0 Å². The second-order valence-electron chi connectivity index (χ2n) is 6.38. The summed E-state index contributed by atoms with van der Waals surface area (Å²) in [7, 11) is 0. The zero-order valence-electron chi connectivity index (χ0n) is 11.2. The van der Waals surface area contributed by atoms with Crippen molar-refractivity contribution < 1.29 is 10.2 Å². The molecule has 1 aromatic rings. The van der Waals surface area contributed by atoms with Gasteiger partial charge in [0, 0.05) is 17.5 Å². The monoisotopic (exact) mass is 259 g/mol. The van der Waals surface area contributed by atoms with Crippen molar-refractivity contribution in [3.05, 3.63) is 23.3 Å². The molecule has 1 aromatic carbocycles. The summed E-state index contributed by atoms with van der Waals surface area (Å²) in [5.74, 6) is 1.41. The highest BCUT2D eigenvalue weighted by Crippen LogP contribution is 2.49. The van der Waals surface area contributed by atoms with E-state index >= 15 is 0 Å². The van der Waals surface area contributed by atoms with E-state index in [4.69, 9.17) is 0 Å². The Hall–Kier alpha value is -1.22. The van der Waals surface area contributed by atoms with E-state index in [0.29, 0.717) is 17.9 Å². The maximum absolute atomic E-state index is 10.2. The van der Waals surface area contributed by atoms with E-state index in [2.05, 4.69) is 4.90 Å². The Morgan fingerprint density at radius 1 is 1.05 bits per heavy atom. The van der Waals surface area contributed by atoms with Gasteiger partial charge in [0.1, 0.15) is 0 Å². The number of hydrogen-bond donors (Lipinski definition) is 2. The molecule has 2 fully saturated rings. The molecule has 0 amide bonds. The van der Waals surface area contributed by atoms with Crippen molar-refractivity contribution in [2.45, 2.75) is 44.1 Å². The molecule has 2 heterocycles. The summed E-state index contributed by atoms with van der Waals surface area (Å²) in [4.78, 5) is 2.68. The largest absolute Gasteiger partial charge is 0.504 e. The molecule has 0 bridgehead atoms. The molecule has 2 N–H and O–H groups in total. The zero-order valence-corrected chi connectivity index (χ0v) is 11.2. The smallest absolute Gasteiger partial charge is 0.160 e. The molecule has 0 spiro atoms. The highest BCUT2D eigenvalue weighted by Gasteiger charge is 2.44. The van der Waals surface area contributed by atoms with Gasteiger partial charge >= 0.3 is 0 Å². The number of phenols is 2. The summed E-state index contributed by atoms with van der Waals surface area (Å²) in [6.07, 6.45) is 5.98. The maximum atomic E-state index is 10.2. The average Bonchev–Trinajstić information content (AvgIpc) is 2.44. The Balaban J connectivity index is 1.83. The Kier molecular flexibility index (Phi) is 2.52. The summed E-state index contributed by atoms with van der Waals surface area (Å²) in [6.45, 7) is 2.49. The molecule has 0 saturated carbocycles. The highest BCUT2D eigenvalue weighted by atomic mass is 16.3. The van der Waals surface area contributed by atoms with Gasteiger partial charge in [-0.2, -0.15) is 0 Å². The van der Waals surface area contributed by atoms with Gasteiger partial charge in [-0.3, -0.25) is 4.90 Å². The van der Waals surface area contributed by atoms with E-state index in [1.54, 1.807) is 6.07 Å². The van der Waals surface area contributed by atoms with E-state index < -0.39 is 0 Å². The molecule has 0 aromatic heterocycles. The van der Waals surface area contributed by atoms with Crippen LogP contribution in [0.1, 0.15) is 42.7 Å². The van der Waals surface area contributed by atoms with Crippen LogP contribution in [-0.2, 0) is 6.42 Å². The number of phenolic OH excluding ortho intramolecular Hbond substituents is 2. The highest BCUT2D eigenvalue weighted by molar-refractivity contribution is 5.52. The second-order valence-corrected chi connectivity index (χ2v) is 6.38. The van der Waals surface area contributed by atoms with Gasteiger partial charge in [-0.1, -0.05) is 6.07 Å². The second kappa shape index (κ2) is 4.14. The lowest BCUT2D eigenvalue weighted by molar-refractivity contribution is 0.0344. The Bertz CT molecular complexity index is 512. The fraction of sp³-hybridized carbons (Fsp3) is 0.625. The van der Waals surface area contributed by atoms with Crippen LogP contribution in [0.15, 0.2) is 12.1 Å². The summed E-state index contributed by atoms with van der Waals surface area (Å²) >= 11 is 0. The van der Waals surface area contributed by atoms with Crippen molar-refractivity contribution in [1.82, 2.24) is 4.90 Å². The van der Waals surface area contributed by atoms with Crippen LogP contribution in [0.4, 0.5) is 0 Å². The summed E-state index contributed by atoms with van der Waals surface area (Å²) in [5, 5.41) is 19.9. The van der Waals surface area contributed by atoms with Crippen molar-refractivity contribution in [2.75, 3.05) is 13.1 Å². The normalized spacial score (nSPS) is 33.6. The van der Waals surface area contributed by atoms with Gasteiger partial charge in [0.15, 0.2) is 11.5 Å². The summed E-state index contributed by atoms with van der Waals surface area (Å²) in [6, 6.07) is 4.39. The van der Waals surface area contributed by atoms with Gasteiger partial charge in [0.25, 0.3) is 0 Å². The molecule has 102 valence electrons. The molecule has 3 heteroatoms. The number of hydrogen-bond acceptors (Lipinski definition) is 3. The zero-order chi connectivity index (χ0) is 13.0. The van der Waals surface area contributed by atoms with Crippen LogP contribution in [-0.4, -0.2) is 34.2 Å². The first kappa shape index (κ1) is 11.6. The molecule has 3 atom stereocenters. The van der Waals surface area contributed by atoms with Crippen LogP contribution >= 0.6 is 0 Å². The predicted octanol–water partition coefficient (Wildman–Crippen LogP) is 2.61. The molecule has 4 rings (SSSR count). The number of nitrogens with zero attached hydrogens (tertiary/aromatic N) is 1. The third-order valence-corrected chi connectivity index (χ3v) is 5.46. The third kappa shape index (κ3) is 1.61. The van der Waals surface area contributed by atoms with E-state index in [-0.39, 0.29) is 11.5 Å². The van der Waals surface area contributed by atoms with Gasteiger partial charge < -0.3 is 10.2 Å². The van der Waals surface area contributed by atoms with Crippen LogP contribution in [0.2, 0.25) is 0 Å². The molecule has 3 unspecified atom stereocenters. The Morgan fingerprint density at radius 2 is 1.84 bits per heavy atom.